The van der Waals surface area contributed by atoms with E-state index in [-0.39, 0.29) is 0 Å². The molecule has 0 unspecified atom stereocenters. The average molecular weight is 393 g/mol. The van der Waals surface area contributed by atoms with Gasteiger partial charge in [-0.1, -0.05) is 0 Å². The van der Waals surface area contributed by atoms with Crippen LogP contribution in [0.2, 0.25) is 0 Å². The first kappa shape index (κ1) is 27.3. The zero-order valence-corrected chi connectivity index (χ0v) is 16.3. The maximum Gasteiger partial charge on any atom is 0.303 e. The molecule has 0 aliphatic heterocycles. The van der Waals surface area contributed by atoms with Crippen LogP contribution in [0.4, 0.5) is 0 Å². The number of nitrogens with two attached hydrogens (primary N) is 2. The second-order valence-electron chi connectivity index (χ2n) is 3.34. The lowest BCUT2D eigenvalue weighted by atomic mass is 10.8. The molecule has 0 aromatic rings. The van der Waals surface area contributed by atoms with Crippen molar-refractivity contribution in [3.05, 3.63) is 0 Å². The van der Waals surface area contributed by atoms with E-state index in [1.54, 1.807) is 23.5 Å². The zero-order valence-electron chi connectivity index (χ0n) is 13.8. The molecular formula is C10H28N6O4S3. The molecule has 0 fully saturated rings. The van der Waals surface area contributed by atoms with E-state index in [0.29, 0.717) is 0 Å². The quantitative estimate of drug-likeness (QED) is 0.117. The van der Waals surface area contributed by atoms with Crippen LogP contribution in [0, 0.1) is 0 Å². The van der Waals surface area contributed by atoms with Crippen LogP contribution in [0.25, 0.3) is 0 Å². The first-order valence-electron chi connectivity index (χ1n) is 6.47. The van der Waals surface area contributed by atoms with Crippen LogP contribution >= 0.6 is 23.5 Å². The van der Waals surface area contributed by atoms with Crippen molar-refractivity contribution in [2.75, 3.05) is 52.8 Å². The highest BCUT2D eigenvalue weighted by atomic mass is 32.3. The van der Waals surface area contributed by atoms with Gasteiger partial charge in [-0.15, -0.1) is 0 Å². The summed E-state index contributed by atoms with van der Waals surface area (Å²) in [5.41, 5.74) is 10.6. The minimum absolute atomic E-state index is 0.720. The molecule has 23 heavy (non-hydrogen) atoms. The van der Waals surface area contributed by atoms with Crippen LogP contribution in [0.1, 0.15) is 0 Å². The summed E-state index contributed by atoms with van der Waals surface area (Å²) in [4.78, 5) is 6.00. The van der Waals surface area contributed by atoms with E-state index in [1.807, 2.05) is 28.2 Å². The van der Waals surface area contributed by atoms with E-state index < -0.39 is 10.4 Å². The van der Waals surface area contributed by atoms with Crippen molar-refractivity contribution in [3.63, 3.8) is 0 Å². The van der Waals surface area contributed by atoms with Crippen molar-refractivity contribution < 1.29 is 27.5 Å². The minimum Gasteiger partial charge on any atom is -0.759 e. The van der Waals surface area contributed by atoms with Crippen LogP contribution in [-0.2, 0) is 10.4 Å². The van der Waals surface area contributed by atoms with Gasteiger partial charge in [0.2, 0.25) is 0 Å². The summed E-state index contributed by atoms with van der Waals surface area (Å²) < 4.78 is 34.1. The first-order valence-corrected chi connectivity index (χ1v) is 9.77. The Morgan fingerprint density at radius 3 is 1.35 bits per heavy atom. The fourth-order valence-electron chi connectivity index (χ4n) is 0.861. The first-order chi connectivity index (χ1) is 10.7. The number of nitrogens with one attached hydrogen (secondary N) is 4. The smallest absolute Gasteiger partial charge is 0.303 e. The maximum atomic E-state index is 8.52. The predicted octanol–water partition coefficient (Wildman–Crippen LogP) is -5.41. The minimum atomic E-state index is -5.17. The molecular weight excluding hydrogens is 364 g/mol. The SMILES string of the molecule is CNC(=[NH+]C)SCCN.CNC(=[NH+]C)SCCN.O=S(=O)([O-])[O-]. The second-order valence-corrected chi connectivity index (χ2v) is 6.37. The van der Waals surface area contributed by atoms with E-state index in [9.17, 15) is 0 Å². The summed E-state index contributed by atoms with van der Waals surface area (Å²) in [6, 6.07) is 0. The third kappa shape index (κ3) is 34.0. The van der Waals surface area contributed by atoms with Gasteiger partial charge >= 0.3 is 10.3 Å². The summed E-state index contributed by atoms with van der Waals surface area (Å²) in [7, 11) is 2.37. The molecule has 0 amide bonds. The Hall–Kier alpha value is -0.570. The molecule has 0 radical (unpaired) electrons. The Labute approximate surface area is 146 Å². The summed E-state index contributed by atoms with van der Waals surface area (Å²) in [5.74, 6) is 1.91. The summed E-state index contributed by atoms with van der Waals surface area (Å²) in [6.45, 7) is 1.44. The fraction of sp³-hybridized carbons (Fsp3) is 0.800. The molecule has 0 aromatic heterocycles. The van der Waals surface area contributed by atoms with Crippen LogP contribution in [-0.4, -0.2) is 80.6 Å². The van der Waals surface area contributed by atoms with Gasteiger partial charge < -0.3 is 20.6 Å². The molecule has 0 rings (SSSR count). The molecule has 0 aliphatic rings. The van der Waals surface area contributed by atoms with Crippen LogP contribution in [0.5, 0.6) is 0 Å². The zero-order chi connectivity index (χ0) is 18.7. The molecule has 0 saturated carbocycles. The molecule has 8 N–H and O–H groups in total. The van der Waals surface area contributed by atoms with Gasteiger partial charge in [0.15, 0.2) is 0 Å². The highest BCUT2D eigenvalue weighted by molar-refractivity contribution is 8.13. The van der Waals surface area contributed by atoms with E-state index in [1.165, 1.54) is 0 Å². The predicted molar refractivity (Wildman–Crippen MR) is 95.4 cm³/mol. The number of thioether (sulfide) groups is 2. The van der Waals surface area contributed by atoms with Gasteiger partial charge in [-0.05, 0) is 23.5 Å². The van der Waals surface area contributed by atoms with Crippen LogP contribution < -0.4 is 32.1 Å². The van der Waals surface area contributed by atoms with Gasteiger partial charge in [0.25, 0.3) is 0 Å². The third-order valence-electron chi connectivity index (χ3n) is 1.64. The number of rotatable bonds is 4. The molecule has 0 aliphatic carbocycles. The third-order valence-corrected chi connectivity index (χ3v) is 3.91. The maximum absolute atomic E-state index is 8.52. The molecule has 10 nitrogen and oxygen atoms in total. The lowest BCUT2D eigenvalue weighted by Gasteiger charge is -2.06. The van der Waals surface area contributed by atoms with Crippen molar-refractivity contribution in [3.8, 4) is 0 Å². The summed E-state index contributed by atoms with van der Waals surface area (Å²) >= 11 is 3.38. The topological polar surface area (TPSA) is 184 Å². The van der Waals surface area contributed by atoms with Gasteiger partial charge in [-0.25, -0.2) is 0 Å². The Kier molecular flexibility index (Phi) is 23.1. The molecule has 0 heterocycles. The molecule has 140 valence electrons. The van der Waals surface area contributed by atoms with E-state index in [4.69, 9.17) is 29.0 Å². The van der Waals surface area contributed by atoms with Crippen molar-refractivity contribution in [1.82, 2.24) is 10.6 Å². The monoisotopic (exact) mass is 392 g/mol. The van der Waals surface area contributed by atoms with Crippen LogP contribution in [0.15, 0.2) is 0 Å². The van der Waals surface area contributed by atoms with Crippen molar-refractivity contribution in [1.29, 1.82) is 0 Å². The van der Waals surface area contributed by atoms with Gasteiger partial charge in [-0.3, -0.25) is 29.0 Å². The number of hydrogen-bond acceptors (Lipinski definition) is 8. The molecule has 0 spiro atoms. The van der Waals surface area contributed by atoms with Crippen molar-refractivity contribution in [2.24, 2.45) is 11.5 Å². The largest absolute Gasteiger partial charge is 0.759 e. The highest BCUT2D eigenvalue weighted by Gasteiger charge is 1.99. The normalized spacial score (nSPS) is 11.7. The Morgan fingerprint density at radius 1 is 0.957 bits per heavy atom. The lowest BCUT2D eigenvalue weighted by molar-refractivity contribution is -0.418. The van der Waals surface area contributed by atoms with Gasteiger partial charge in [0.05, 0.1) is 28.2 Å². The summed E-state index contributed by atoms with van der Waals surface area (Å²) in [5, 5.41) is 8.14. The van der Waals surface area contributed by atoms with Crippen molar-refractivity contribution >= 4 is 44.3 Å². The Balaban J connectivity index is -0.000000273. The number of hydrogen-bond donors (Lipinski definition) is 6. The Morgan fingerprint density at radius 2 is 1.22 bits per heavy atom. The number of amidine groups is 2. The molecule has 0 aromatic carbocycles. The van der Waals surface area contributed by atoms with Crippen LogP contribution in [0.3, 0.4) is 0 Å². The standard InChI is InChI=1S/2C5H13N3S.H2O4S/c2*1-7-5(8-2)9-4-3-6;1-5(2,3)4/h2*3-4,6H2,1-2H3,(H,7,8);(H2,1,2,3,4). The molecule has 0 atom stereocenters. The lowest BCUT2D eigenvalue weighted by Crippen LogP contribution is -2.70. The molecule has 0 saturated heterocycles. The van der Waals surface area contributed by atoms with Gasteiger partial charge in [0.1, 0.15) is 0 Å². The van der Waals surface area contributed by atoms with E-state index in [0.717, 1.165) is 34.9 Å². The van der Waals surface area contributed by atoms with E-state index >= 15 is 0 Å². The summed E-state index contributed by atoms with van der Waals surface area (Å²) in [6.07, 6.45) is 0. The van der Waals surface area contributed by atoms with Crippen molar-refractivity contribution in [2.45, 2.75) is 0 Å². The van der Waals surface area contributed by atoms with E-state index in [2.05, 4.69) is 20.6 Å². The molecule has 0 bridgehead atoms. The second kappa shape index (κ2) is 19.5. The van der Waals surface area contributed by atoms with Gasteiger partial charge in [-0.2, -0.15) is 0 Å². The fourth-order valence-corrected chi connectivity index (χ4v) is 2.08. The van der Waals surface area contributed by atoms with Gasteiger partial charge in [0, 0.05) is 35.0 Å². The molecule has 13 heteroatoms. The Bertz CT molecular complexity index is 385. The highest BCUT2D eigenvalue weighted by Crippen LogP contribution is 1.93. The average Bonchev–Trinajstić information content (AvgIpc) is 2.48.